The molecule has 1 aromatic rings. The van der Waals surface area contributed by atoms with Gasteiger partial charge < -0.3 is 28.4 Å². The van der Waals surface area contributed by atoms with Gasteiger partial charge in [-0.05, 0) is 66.4 Å². The molecular weight excluding hydrogens is 412 g/mol. The first-order valence-electron chi connectivity index (χ1n) is 11.9. The molecule has 7 heteroatoms. The lowest BCUT2D eigenvalue weighted by Gasteiger charge is -2.24. The van der Waals surface area contributed by atoms with E-state index in [9.17, 15) is 4.79 Å². The number of hydrogen-bond acceptors (Lipinski definition) is 7. The maximum absolute atomic E-state index is 12.5. The highest BCUT2D eigenvalue weighted by Crippen LogP contribution is 2.54. The van der Waals surface area contributed by atoms with E-state index in [1.54, 1.807) is 6.08 Å². The third kappa shape index (κ3) is 6.71. The second-order valence-corrected chi connectivity index (χ2v) is 7.25. The smallest absolute Gasteiger partial charge is 0.331 e. The second-order valence-electron chi connectivity index (χ2n) is 7.25. The maximum atomic E-state index is 12.5. The minimum atomic E-state index is -0.383. The summed E-state index contributed by atoms with van der Waals surface area (Å²) in [7, 11) is 0. The van der Waals surface area contributed by atoms with Crippen LogP contribution in [0.1, 0.15) is 72.3 Å². The van der Waals surface area contributed by atoms with E-state index in [1.807, 2.05) is 34.6 Å². The van der Waals surface area contributed by atoms with Crippen LogP contribution >= 0.6 is 0 Å². The summed E-state index contributed by atoms with van der Waals surface area (Å²) >= 11 is 0. The maximum Gasteiger partial charge on any atom is 0.331 e. The number of carbonyl (C=O) groups is 1. The van der Waals surface area contributed by atoms with Gasteiger partial charge in [-0.25, -0.2) is 4.79 Å². The van der Waals surface area contributed by atoms with Gasteiger partial charge in [0.25, 0.3) is 0 Å². The van der Waals surface area contributed by atoms with E-state index in [-0.39, 0.29) is 12.1 Å². The number of ether oxygens (including phenoxy) is 6. The molecule has 180 valence electrons. The molecule has 0 heterocycles. The van der Waals surface area contributed by atoms with Crippen molar-refractivity contribution in [2.45, 2.75) is 72.8 Å². The van der Waals surface area contributed by atoms with Crippen molar-refractivity contribution < 1.29 is 33.2 Å². The molecule has 0 aliphatic heterocycles. The summed E-state index contributed by atoms with van der Waals surface area (Å²) in [5, 5.41) is 0. The summed E-state index contributed by atoms with van der Waals surface area (Å²) in [6, 6.07) is 0. The standard InChI is InChI=1S/C25H38O7/c1-6-27-21-19(16-17-20(26)32-18-14-12-11-13-15-18)22(28-7-2)24(30-9-4)25(31-10-5)23(21)29-8-3/h16-18H,6-15H2,1-5H3. The van der Waals surface area contributed by atoms with Gasteiger partial charge in [-0.2, -0.15) is 0 Å². The lowest BCUT2D eigenvalue weighted by atomic mass is 9.98. The van der Waals surface area contributed by atoms with E-state index in [0.717, 1.165) is 25.7 Å². The van der Waals surface area contributed by atoms with Crippen LogP contribution in [0.3, 0.4) is 0 Å². The fraction of sp³-hybridized carbons (Fsp3) is 0.640. The Balaban J connectivity index is 2.56. The van der Waals surface area contributed by atoms with Crippen LogP contribution in [-0.4, -0.2) is 45.1 Å². The van der Waals surface area contributed by atoms with Crippen molar-refractivity contribution in [3.63, 3.8) is 0 Å². The van der Waals surface area contributed by atoms with Crippen LogP contribution in [0, 0.1) is 0 Å². The predicted molar refractivity (Wildman–Crippen MR) is 124 cm³/mol. The van der Waals surface area contributed by atoms with Gasteiger partial charge in [0.05, 0.1) is 38.6 Å². The number of rotatable bonds is 13. The summed E-state index contributed by atoms with van der Waals surface area (Å²) in [5.41, 5.74) is 0.560. The molecule has 0 spiro atoms. The molecule has 2 rings (SSSR count). The van der Waals surface area contributed by atoms with Crippen LogP contribution in [-0.2, 0) is 9.53 Å². The van der Waals surface area contributed by atoms with Crippen molar-refractivity contribution in [1.29, 1.82) is 0 Å². The van der Waals surface area contributed by atoms with Gasteiger partial charge in [0.2, 0.25) is 17.2 Å². The van der Waals surface area contributed by atoms with Crippen molar-refractivity contribution in [2.75, 3.05) is 33.0 Å². The molecule has 0 bridgehead atoms. The Morgan fingerprint density at radius 3 is 1.53 bits per heavy atom. The number of hydrogen-bond donors (Lipinski definition) is 0. The van der Waals surface area contributed by atoms with Crippen molar-refractivity contribution in [2.24, 2.45) is 0 Å². The van der Waals surface area contributed by atoms with E-state index in [4.69, 9.17) is 28.4 Å². The molecule has 1 aliphatic carbocycles. The first-order chi connectivity index (χ1) is 15.6. The largest absolute Gasteiger partial charge is 0.489 e. The van der Waals surface area contributed by atoms with Gasteiger partial charge in [0, 0.05) is 6.08 Å². The van der Waals surface area contributed by atoms with Crippen molar-refractivity contribution >= 4 is 12.0 Å². The molecule has 0 aromatic heterocycles. The van der Waals surface area contributed by atoms with Crippen LogP contribution < -0.4 is 23.7 Å². The number of benzene rings is 1. The van der Waals surface area contributed by atoms with Gasteiger partial charge in [-0.15, -0.1) is 0 Å². The molecule has 1 fully saturated rings. The molecule has 1 aliphatic rings. The van der Waals surface area contributed by atoms with E-state index in [2.05, 4.69) is 0 Å². The zero-order valence-corrected chi connectivity index (χ0v) is 20.2. The molecule has 0 atom stereocenters. The molecule has 0 amide bonds. The summed E-state index contributed by atoms with van der Waals surface area (Å²) in [6.45, 7) is 11.5. The fourth-order valence-corrected chi connectivity index (χ4v) is 3.75. The SMILES string of the molecule is CCOc1c(C=CC(=O)OC2CCCCC2)c(OCC)c(OCC)c(OCC)c1OCC. The topological polar surface area (TPSA) is 72.5 Å². The average molecular weight is 451 g/mol. The highest BCUT2D eigenvalue weighted by molar-refractivity contribution is 5.90. The molecule has 0 unspecified atom stereocenters. The van der Waals surface area contributed by atoms with Gasteiger partial charge >= 0.3 is 5.97 Å². The highest BCUT2D eigenvalue weighted by Gasteiger charge is 2.29. The molecule has 0 N–H and O–H groups in total. The van der Waals surface area contributed by atoms with Gasteiger partial charge in [-0.3, -0.25) is 0 Å². The summed E-state index contributed by atoms with van der Waals surface area (Å²) in [5.74, 6) is 1.82. The van der Waals surface area contributed by atoms with Crippen LogP contribution in [0.15, 0.2) is 6.08 Å². The molecule has 32 heavy (non-hydrogen) atoms. The van der Waals surface area contributed by atoms with Crippen molar-refractivity contribution in [3.8, 4) is 28.7 Å². The zero-order valence-electron chi connectivity index (χ0n) is 20.2. The summed E-state index contributed by atoms with van der Waals surface area (Å²) in [6.07, 6.45) is 8.28. The van der Waals surface area contributed by atoms with Crippen molar-refractivity contribution in [1.82, 2.24) is 0 Å². The predicted octanol–water partition coefficient (Wildman–Crippen LogP) is 5.57. The highest BCUT2D eigenvalue weighted by atomic mass is 16.6. The fourth-order valence-electron chi connectivity index (χ4n) is 3.75. The zero-order chi connectivity index (χ0) is 23.3. The second kappa shape index (κ2) is 13.8. The van der Waals surface area contributed by atoms with Crippen molar-refractivity contribution in [3.05, 3.63) is 11.6 Å². The van der Waals surface area contributed by atoms with Gasteiger partial charge in [0.1, 0.15) is 6.10 Å². The first kappa shape index (κ1) is 25.7. The van der Waals surface area contributed by atoms with E-state index in [1.165, 1.54) is 12.5 Å². The summed E-state index contributed by atoms with van der Waals surface area (Å²) in [4.78, 5) is 12.5. The molecule has 0 radical (unpaired) electrons. The van der Waals surface area contributed by atoms with Crippen LogP contribution in [0.5, 0.6) is 28.7 Å². The Labute approximate surface area is 192 Å². The normalized spacial score (nSPS) is 14.3. The van der Waals surface area contributed by atoms with E-state index in [0.29, 0.717) is 67.3 Å². The Morgan fingerprint density at radius 1 is 0.688 bits per heavy atom. The molecule has 7 nitrogen and oxygen atoms in total. The van der Waals surface area contributed by atoms with Gasteiger partial charge in [-0.1, -0.05) is 6.42 Å². The van der Waals surface area contributed by atoms with E-state index < -0.39 is 0 Å². The molecule has 0 saturated heterocycles. The van der Waals surface area contributed by atoms with E-state index >= 15 is 0 Å². The molecule has 1 aromatic carbocycles. The minimum absolute atomic E-state index is 0.0167. The Bertz CT molecular complexity index is 714. The third-order valence-corrected chi connectivity index (χ3v) is 4.98. The van der Waals surface area contributed by atoms with Crippen LogP contribution in [0.25, 0.3) is 6.08 Å². The van der Waals surface area contributed by atoms with Crippen LogP contribution in [0.2, 0.25) is 0 Å². The Kier molecular flexibility index (Phi) is 11.0. The summed E-state index contributed by atoms with van der Waals surface area (Å²) < 4.78 is 35.3. The quantitative estimate of drug-likeness (QED) is 0.287. The van der Waals surface area contributed by atoms with Gasteiger partial charge in [0.15, 0.2) is 11.5 Å². The first-order valence-corrected chi connectivity index (χ1v) is 11.9. The minimum Gasteiger partial charge on any atom is -0.489 e. The number of esters is 1. The molecule has 1 saturated carbocycles. The average Bonchev–Trinajstić information content (AvgIpc) is 2.79. The Morgan fingerprint density at radius 2 is 1.09 bits per heavy atom. The monoisotopic (exact) mass is 450 g/mol. The Hall–Kier alpha value is -2.57. The number of carbonyl (C=O) groups excluding carboxylic acids is 1. The van der Waals surface area contributed by atoms with Crippen LogP contribution in [0.4, 0.5) is 0 Å². The lowest BCUT2D eigenvalue weighted by molar-refractivity contribution is -0.144. The molecular formula is C25H38O7. The third-order valence-electron chi connectivity index (χ3n) is 4.98. The lowest BCUT2D eigenvalue weighted by Crippen LogP contribution is -2.19.